The Morgan fingerprint density at radius 1 is 1.20 bits per heavy atom. The molecule has 0 aliphatic carbocycles. The Balaban J connectivity index is 1.83. The Hall–Kier alpha value is -2.88. The molecule has 3 aromatic rings. The minimum atomic E-state index is -0.521. The highest BCUT2D eigenvalue weighted by atomic mass is 35.5. The lowest BCUT2D eigenvalue weighted by Crippen LogP contribution is -2.18. The molecule has 0 unspecified atom stereocenters. The third kappa shape index (κ3) is 4.33. The number of nitrogens with zero attached hydrogens (tertiary/aromatic N) is 3. The SMILES string of the molecule is COC(=O)c1ccc(C(=O)N/N=C(\C)c2nn(C)c(-c3ccc(Cl)c(Cl)c3)c2O)s1. The van der Waals surface area contributed by atoms with E-state index in [4.69, 9.17) is 23.2 Å². The Morgan fingerprint density at radius 3 is 2.57 bits per heavy atom. The smallest absolute Gasteiger partial charge is 0.348 e. The fourth-order valence-electron chi connectivity index (χ4n) is 2.64. The first kappa shape index (κ1) is 21.8. The van der Waals surface area contributed by atoms with E-state index in [1.165, 1.54) is 23.9 Å². The lowest BCUT2D eigenvalue weighted by Gasteiger charge is -2.04. The number of carbonyl (C=O) groups is 2. The number of aromatic nitrogens is 2. The van der Waals surface area contributed by atoms with Gasteiger partial charge in [0.25, 0.3) is 5.91 Å². The topological polar surface area (TPSA) is 106 Å². The number of hydrogen-bond donors (Lipinski definition) is 2. The first-order chi connectivity index (χ1) is 14.2. The lowest BCUT2D eigenvalue weighted by atomic mass is 10.1. The second-order valence-electron chi connectivity index (χ2n) is 6.09. The summed E-state index contributed by atoms with van der Waals surface area (Å²) in [4.78, 5) is 24.4. The van der Waals surface area contributed by atoms with Gasteiger partial charge >= 0.3 is 5.97 Å². The molecule has 0 fully saturated rings. The van der Waals surface area contributed by atoms with E-state index >= 15 is 0 Å². The normalized spacial score (nSPS) is 11.4. The molecule has 1 aromatic carbocycles. The third-order valence-electron chi connectivity index (χ3n) is 4.10. The van der Waals surface area contributed by atoms with Gasteiger partial charge in [0.1, 0.15) is 10.6 Å². The Kier molecular flexibility index (Phi) is 6.45. The summed E-state index contributed by atoms with van der Waals surface area (Å²) < 4.78 is 6.10. The number of aromatic hydroxyl groups is 1. The molecule has 3 rings (SSSR count). The summed E-state index contributed by atoms with van der Waals surface area (Å²) in [5.41, 5.74) is 3.91. The molecular formula is C19H16Cl2N4O4S. The predicted octanol–water partition coefficient (Wildman–Crippen LogP) is 4.10. The quantitative estimate of drug-likeness (QED) is 0.334. The van der Waals surface area contributed by atoms with Crippen LogP contribution in [0.25, 0.3) is 11.3 Å². The molecule has 11 heteroatoms. The van der Waals surface area contributed by atoms with Crippen LogP contribution in [0.5, 0.6) is 5.75 Å². The summed E-state index contributed by atoms with van der Waals surface area (Å²) in [5.74, 6) is -1.14. The zero-order valence-corrected chi connectivity index (χ0v) is 18.4. The van der Waals surface area contributed by atoms with Crippen LogP contribution in [-0.4, -0.2) is 39.6 Å². The van der Waals surface area contributed by atoms with Gasteiger partial charge in [0.05, 0.1) is 27.7 Å². The largest absolute Gasteiger partial charge is 0.504 e. The monoisotopic (exact) mass is 466 g/mol. The summed E-state index contributed by atoms with van der Waals surface area (Å²) in [5, 5.41) is 19.7. The predicted molar refractivity (Wildman–Crippen MR) is 116 cm³/mol. The average Bonchev–Trinajstić information content (AvgIpc) is 3.32. The fraction of sp³-hybridized carbons (Fsp3) is 0.158. The molecule has 0 radical (unpaired) electrons. The van der Waals surface area contributed by atoms with Crippen LogP contribution in [0.15, 0.2) is 35.4 Å². The maximum Gasteiger partial charge on any atom is 0.348 e. The molecule has 0 aliphatic heterocycles. The number of esters is 1. The Bertz CT molecular complexity index is 1170. The first-order valence-corrected chi connectivity index (χ1v) is 10.0. The van der Waals surface area contributed by atoms with Crippen molar-refractivity contribution in [3.8, 4) is 17.0 Å². The zero-order chi connectivity index (χ0) is 22.0. The number of thiophene rings is 1. The van der Waals surface area contributed by atoms with E-state index in [0.717, 1.165) is 11.3 Å². The standard InChI is InChI=1S/C19H16Cl2N4O4S/c1-9(22-23-18(27)13-6-7-14(30-13)19(28)29-3)15-17(26)16(25(2)24-15)10-4-5-11(20)12(21)8-10/h4-8,26H,1-3H3,(H,23,27)/b22-9+. The Labute approximate surface area is 185 Å². The van der Waals surface area contributed by atoms with Crippen molar-refractivity contribution in [2.45, 2.75) is 6.92 Å². The number of rotatable bonds is 5. The van der Waals surface area contributed by atoms with Crippen molar-refractivity contribution in [2.24, 2.45) is 12.1 Å². The van der Waals surface area contributed by atoms with Gasteiger partial charge in [-0.25, -0.2) is 10.2 Å². The van der Waals surface area contributed by atoms with Gasteiger partial charge in [-0.1, -0.05) is 29.3 Å². The van der Waals surface area contributed by atoms with Crippen LogP contribution in [0.1, 0.15) is 32.0 Å². The molecule has 156 valence electrons. The van der Waals surface area contributed by atoms with Gasteiger partial charge in [-0.05, 0) is 31.2 Å². The number of ether oxygens (including phenoxy) is 1. The highest BCUT2D eigenvalue weighted by Gasteiger charge is 2.20. The molecule has 2 aromatic heterocycles. The van der Waals surface area contributed by atoms with Crippen LogP contribution in [-0.2, 0) is 11.8 Å². The van der Waals surface area contributed by atoms with Gasteiger partial charge in [0.15, 0.2) is 11.4 Å². The molecule has 0 bridgehead atoms. The van der Waals surface area contributed by atoms with E-state index < -0.39 is 11.9 Å². The van der Waals surface area contributed by atoms with Gasteiger partial charge in [0, 0.05) is 12.6 Å². The van der Waals surface area contributed by atoms with Crippen molar-refractivity contribution in [3.63, 3.8) is 0 Å². The number of nitrogens with one attached hydrogen (secondary N) is 1. The maximum absolute atomic E-state index is 12.3. The highest BCUT2D eigenvalue weighted by molar-refractivity contribution is 7.15. The zero-order valence-electron chi connectivity index (χ0n) is 16.1. The van der Waals surface area contributed by atoms with Crippen molar-refractivity contribution in [1.82, 2.24) is 15.2 Å². The van der Waals surface area contributed by atoms with E-state index in [0.29, 0.717) is 26.2 Å². The summed E-state index contributed by atoms with van der Waals surface area (Å²) in [7, 11) is 2.92. The highest BCUT2D eigenvalue weighted by Crippen LogP contribution is 2.35. The van der Waals surface area contributed by atoms with Crippen LogP contribution in [0.4, 0.5) is 0 Å². The number of benzene rings is 1. The van der Waals surface area contributed by atoms with E-state index in [2.05, 4.69) is 20.4 Å². The summed E-state index contributed by atoms with van der Waals surface area (Å²) in [6, 6.07) is 7.94. The Morgan fingerprint density at radius 2 is 1.90 bits per heavy atom. The molecule has 0 spiro atoms. The molecule has 2 heterocycles. The molecule has 0 aliphatic rings. The van der Waals surface area contributed by atoms with E-state index in [9.17, 15) is 14.7 Å². The second kappa shape index (κ2) is 8.86. The van der Waals surface area contributed by atoms with Crippen molar-refractivity contribution < 1.29 is 19.4 Å². The van der Waals surface area contributed by atoms with Crippen LogP contribution in [0.3, 0.4) is 0 Å². The molecule has 1 amide bonds. The third-order valence-corrected chi connectivity index (χ3v) is 5.90. The van der Waals surface area contributed by atoms with Gasteiger partial charge in [-0.2, -0.15) is 10.2 Å². The number of hydrogen-bond acceptors (Lipinski definition) is 7. The van der Waals surface area contributed by atoms with Crippen molar-refractivity contribution in [3.05, 3.63) is 55.8 Å². The molecule has 0 atom stereocenters. The molecule has 0 saturated heterocycles. The number of carbonyl (C=O) groups excluding carboxylic acids is 2. The van der Waals surface area contributed by atoms with E-state index in [-0.39, 0.29) is 22.0 Å². The first-order valence-electron chi connectivity index (χ1n) is 8.47. The number of hydrazone groups is 1. The van der Waals surface area contributed by atoms with Crippen LogP contribution >= 0.6 is 34.5 Å². The second-order valence-corrected chi connectivity index (χ2v) is 7.99. The number of aryl methyl sites for hydroxylation is 1. The van der Waals surface area contributed by atoms with Crippen molar-refractivity contribution >= 4 is 52.1 Å². The molecule has 8 nitrogen and oxygen atoms in total. The number of amides is 1. The number of halogens is 2. The van der Waals surface area contributed by atoms with Gasteiger partial charge in [0.2, 0.25) is 0 Å². The molecule has 2 N–H and O–H groups in total. The average molecular weight is 467 g/mol. The van der Waals surface area contributed by atoms with Gasteiger partial charge < -0.3 is 9.84 Å². The lowest BCUT2D eigenvalue weighted by molar-refractivity contribution is 0.0606. The van der Waals surface area contributed by atoms with Crippen molar-refractivity contribution in [2.75, 3.05) is 7.11 Å². The molecular weight excluding hydrogens is 451 g/mol. The van der Waals surface area contributed by atoms with Crippen LogP contribution < -0.4 is 5.43 Å². The van der Waals surface area contributed by atoms with Crippen LogP contribution in [0, 0.1) is 0 Å². The molecule has 30 heavy (non-hydrogen) atoms. The van der Waals surface area contributed by atoms with Gasteiger partial charge in [-0.15, -0.1) is 11.3 Å². The summed E-state index contributed by atoms with van der Waals surface area (Å²) >= 11 is 13.0. The van der Waals surface area contributed by atoms with Crippen LogP contribution in [0.2, 0.25) is 10.0 Å². The molecule has 0 saturated carbocycles. The summed E-state index contributed by atoms with van der Waals surface area (Å²) in [6.45, 7) is 1.59. The fourth-order valence-corrected chi connectivity index (χ4v) is 3.75. The van der Waals surface area contributed by atoms with E-state index in [1.807, 2.05) is 0 Å². The minimum absolute atomic E-state index is 0.115. The maximum atomic E-state index is 12.3. The number of methoxy groups -OCH3 is 1. The van der Waals surface area contributed by atoms with E-state index in [1.54, 1.807) is 32.2 Å². The van der Waals surface area contributed by atoms with Gasteiger partial charge in [-0.3, -0.25) is 9.48 Å². The van der Waals surface area contributed by atoms with Crippen molar-refractivity contribution in [1.29, 1.82) is 0 Å². The summed E-state index contributed by atoms with van der Waals surface area (Å²) in [6.07, 6.45) is 0. The minimum Gasteiger partial charge on any atom is -0.504 e.